The fourth-order valence-corrected chi connectivity index (χ4v) is 3.28. The molecular weight excluding hydrogens is 376 g/mol. The molecule has 0 aliphatic rings. The Morgan fingerprint density at radius 3 is 2.33 bits per heavy atom. The van der Waals surface area contributed by atoms with Crippen LogP contribution in [0.25, 0.3) is 0 Å². The zero-order valence-corrected chi connectivity index (χ0v) is 18.6. The predicted octanol–water partition coefficient (Wildman–Crippen LogP) is 4.17. The van der Waals surface area contributed by atoms with Crippen LogP contribution >= 0.6 is 0 Å². The van der Waals surface area contributed by atoms with Crippen molar-refractivity contribution in [1.82, 2.24) is 10.2 Å². The molecule has 2 amide bonds. The van der Waals surface area contributed by atoms with Gasteiger partial charge in [0.1, 0.15) is 11.8 Å². The number of carbonyl (C=O) groups excluding carboxylic acids is 2. The Labute approximate surface area is 180 Å². The SMILES string of the molecule is CCCNC(=O)C(C)N(CCc1ccccc1)C(=O)COc1ccccc1C(C)C. The quantitative estimate of drug-likeness (QED) is 0.605. The minimum Gasteiger partial charge on any atom is -0.483 e. The van der Waals surface area contributed by atoms with Gasteiger partial charge < -0.3 is 15.0 Å². The molecular formula is C25H34N2O3. The maximum atomic E-state index is 13.1. The molecule has 1 N–H and O–H groups in total. The van der Waals surface area contributed by atoms with Crippen molar-refractivity contribution in [1.29, 1.82) is 0 Å². The van der Waals surface area contributed by atoms with Crippen LogP contribution in [0.5, 0.6) is 5.75 Å². The molecule has 0 radical (unpaired) electrons. The maximum absolute atomic E-state index is 13.1. The van der Waals surface area contributed by atoms with Crippen LogP contribution in [-0.4, -0.2) is 42.5 Å². The lowest BCUT2D eigenvalue weighted by Crippen LogP contribution is -2.50. The Hall–Kier alpha value is -2.82. The summed E-state index contributed by atoms with van der Waals surface area (Å²) in [4.78, 5) is 27.2. The Balaban J connectivity index is 2.09. The first-order valence-corrected chi connectivity index (χ1v) is 10.8. The Morgan fingerprint density at radius 1 is 1.00 bits per heavy atom. The molecule has 0 saturated heterocycles. The summed E-state index contributed by atoms with van der Waals surface area (Å²) >= 11 is 0. The molecule has 1 unspecified atom stereocenters. The zero-order chi connectivity index (χ0) is 21.9. The van der Waals surface area contributed by atoms with Crippen LogP contribution in [0.1, 0.15) is 51.2 Å². The summed E-state index contributed by atoms with van der Waals surface area (Å²) in [7, 11) is 0. The lowest BCUT2D eigenvalue weighted by atomic mass is 10.0. The molecule has 0 aliphatic carbocycles. The molecule has 2 aromatic rings. The summed E-state index contributed by atoms with van der Waals surface area (Å²) in [6, 6.07) is 17.2. The van der Waals surface area contributed by atoms with Gasteiger partial charge in [-0.1, -0.05) is 69.3 Å². The van der Waals surface area contributed by atoms with E-state index in [0.717, 1.165) is 17.5 Å². The largest absolute Gasteiger partial charge is 0.483 e. The van der Waals surface area contributed by atoms with Crippen LogP contribution in [0.2, 0.25) is 0 Å². The highest BCUT2D eigenvalue weighted by Crippen LogP contribution is 2.25. The first kappa shape index (κ1) is 23.5. The van der Waals surface area contributed by atoms with E-state index in [0.29, 0.717) is 31.2 Å². The summed E-state index contributed by atoms with van der Waals surface area (Å²) in [6.45, 7) is 8.93. The van der Waals surface area contributed by atoms with Crippen molar-refractivity contribution in [2.45, 2.75) is 52.5 Å². The Bertz CT molecular complexity index is 805. The van der Waals surface area contributed by atoms with Gasteiger partial charge in [-0.05, 0) is 42.9 Å². The van der Waals surface area contributed by atoms with Crippen LogP contribution in [0, 0.1) is 0 Å². The molecule has 5 heteroatoms. The number of hydrogen-bond acceptors (Lipinski definition) is 3. The van der Waals surface area contributed by atoms with Crippen molar-refractivity contribution in [3.63, 3.8) is 0 Å². The van der Waals surface area contributed by atoms with E-state index in [1.165, 1.54) is 0 Å². The molecule has 2 rings (SSSR count). The maximum Gasteiger partial charge on any atom is 0.261 e. The second-order valence-electron chi connectivity index (χ2n) is 7.77. The predicted molar refractivity (Wildman–Crippen MR) is 121 cm³/mol. The molecule has 0 aliphatic heterocycles. The average Bonchev–Trinajstić information content (AvgIpc) is 2.76. The molecule has 2 aromatic carbocycles. The molecule has 30 heavy (non-hydrogen) atoms. The van der Waals surface area contributed by atoms with E-state index in [1.807, 2.05) is 61.5 Å². The lowest BCUT2D eigenvalue weighted by Gasteiger charge is -2.29. The van der Waals surface area contributed by atoms with E-state index >= 15 is 0 Å². The summed E-state index contributed by atoms with van der Waals surface area (Å²) in [6.07, 6.45) is 1.53. The van der Waals surface area contributed by atoms with E-state index in [9.17, 15) is 9.59 Å². The average molecular weight is 411 g/mol. The number of benzene rings is 2. The third-order valence-corrected chi connectivity index (χ3v) is 5.09. The van der Waals surface area contributed by atoms with E-state index in [1.54, 1.807) is 11.8 Å². The van der Waals surface area contributed by atoms with Crippen molar-refractivity contribution < 1.29 is 14.3 Å². The van der Waals surface area contributed by atoms with Gasteiger partial charge in [0.2, 0.25) is 5.91 Å². The molecule has 0 heterocycles. The van der Waals surface area contributed by atoms with Gasteiger partial charge in [-0.3, -0.25) is 9.59 Å². The lowest BCUT2D eigenvalue weighted by molar-refractivity contribution is -0.141. The third kappa shape index (κ3) is 6.90. The van der Waals surface area contributed by atoms with E-state index < -0.39 is 6.04 Å². The molecule has 0 spiro atoms. The van der Waals surface area contributed by atoms with Gasteiger partial charge >= 0.3 is 0 Å². The van der Waals surface area contributed by atoms with Crippen LogP contribution in [0.3, 0.4) is 0 Å². The number of carbonyl (C=O) groups is 2. The van der Waals surface area contributed by atoms with E-state index in [4.69, 9.17) is 4.74 Å². The fourth-order valence-electron chi connectivity index (χ4n) is 3.28. The number of hydrogen-bond donors (Lipinski definition) is 1. The fraction of sp³-hybridized carbons (Fsp3) is 0.440. The van der Waals surface area contributed by atoms with Crippen molar-refractivity contribution in [3.8, 4) is 5.75 Å². The third-order valence-electron chi connectivity index (χ3n) is 5.09. The molecule has 0 aromatic heterocycles. The van der Waals surface area contributed by atoms with E-state index in [2.05, 4.69) is 19.2 Å². The van der Waals surface area contributed by atoms with Gasteiger partial charge in [0, 0.05) is 13.1 Å². The first-order chi connectivity index (χ1) is 14.4. The summed E-state index contributed by atoms with van der Waals surface area (Å²) in [5.74, 6) is 0.681. The van der Waals surface area contributed by atoms with E-state index in [-0.39, 0.29) is 18.4 Å². The second kappa shape index (κ2) is 12.0. The Morgan fingerprint density at radius 2 is 1.67 bits per heavy atom. The number of nitrogens with zero attached hydrogens (tertiary/aromatic N) is 1. The molecule has 1 atom stereocenters. The number of amides is 2. The zero-order valence-electron chi connectivity index (χ0n) is 18.6. The van der Waals surface area contributed by atoms with Gasteiger partial charge in [-0.25, -0.2) is 0 Å². The van der Waals surface area contributed by atoms with Gasteiger partial charge in [0.15, 0.2) is 6.61 Å². The highest BCUT2D eigenvalue weighted by atomic mass is 16.5. The molecule has 162 valence electrons. The van der Waals surface area contributed by atoms with Gasteiger partial charge in [-0.2, -0.15) is 0 Å². The topological polar surface area (TPSA) is 58.6 Å². The molecule has 0 saturated carbocycles. The van der Waals surface area contributed by atoms with Gasteiger partial charge in [-0.15, -0.1) is 0 Å². The Kier molecular flexibility index (Phi) is 9.39. The van der Waals surface area contributed by atoms with Gasteiger partial charge in [0.25, 0.3) is 5.91 Å². The molecule has 0 bridgehead atoms. The van der Waals surface area contributed by atoms with Crippen LogP contribution in [0.4, 0.5) is 0 Å². The highest BCUT2D eigenvalue weighted by Gasteiger charge is 2.26. The normalized spacial score (nSPS) is 11.8. The van der Waals surface area contributed by atoms with Crippen LogP contribution in [0.15, 0.2) is 54.6 Å². The second-order valence-corrected chi connectivity index (χ2v) is 7.77. The smallest absolute Gasteiger partial charge is 0.261 e. The molecule has 5 nitrogen and oxygen atoms in total. The number of para-hydroxylation sites is 1. The minimum atomic E-state index is -0.559. The van der Waals surface area contributed by atoms with Crippen molar-refractivity contribution in [2.75, 3.05) is 19.7 Å². The van der Waals surface area contributed by atoms with Crippen LogP contribution in [-0.2, 0) is 16.0 Å². The van der Waals surface area contributed by atoms with Gasteiger partial charge in [0.05, 0.1) is 0 Å². The van der Waals surface area contributed by atoms with Crippen molar-refractivity contribution in [2.24, 2.45) is 0 Å². The summed E-state index contributed by atoms with van der Waals surface area (Å²) in [5, 5.41) is 2.89. The van der Waals surface area contributed by atoms with Crippen molar-refractivity contribution in [3.05, 3.63) is 65.7 Å². The minimum absolute atomic E-state index is 0.0933. The van der Waals surface area contributed by atoms with Crippen LogP contribution < -0.4 is 10.1 Å². The summed E-state index contributed by atoms with van der Waals surface area (Å²) in [5.41, 5.74) is 2.19. The number of ether oxygens (including phenoxy) is 1. The number of nitrogens with one attached hydrogen (secondary N) is 1. The highest BCUT2D eigenvalue weighted by molar-refractivity contribution is 5.88. The molecule has 0 fully saturated rings. The first-order valence-electron chi connectivity index (χ1n) is 10.8. The standard InChI is InChI=1S/C25H34N2O3/c1-5-16-26-25(29)20(4)27(17-15-21-11-7-6-8-12-21)24(28)18-30-23-14-10-9-13-22(23)19(2)3/h6-14,19-20H,5,15-18H2,1-4H3,(H,26,29). The number of rotatable bonds is 11. The van der Waals surface area contributed by atoms with Crippen molar-refractivity contribution >= 4 is 11.8 Å². The monoisotopic (exact) mass is 410 g/mol. The summed E-state index contributed by atoms with van der Waals surface area (Å²) < 4.78 is 5.88.